The predicted molar refractivity (Wildman–Crippen MR) is 172 cm³/mol. The molecule has 1 aliphatic heterocycles. The molecular weight excluding hydrogens is 542 g/mol. The minimum absolute atomic E-state index is 0.291. The summed E-state index contributed by atoms with van der Waals surface area (Å²) in [6.07, 6.45) is 7.76. The van der Waals surface area contributed by atoms with E-state index in [-0.39, 0.29) is 0 Å². The van der Waals surface area contributed by atoms with E-state index in [2.05, 4.69) is 32.7 Å². The second-order valence-electron chi connectivity index (χ2n) is 11.1. The van der Waals surface area contributed by atoms with Gasteiger partial charge in [0.15, 0.2) is 0 Å². The Morgan fingerprint density at radius 3 is 2.42 bits per heavy atom. The predicted octanol–water partition coefficient (Wildman–Crippen LogP) is 5.76. The Morgan fingerprint density at radius 2 is 1.74 bits per heavy atom. The van der Waals surface area contributed by atoms with Crippen LogP contribution in [0.4, 0.5) is 11.4 Å². The van der Waals surface area contributed by atoms with Crippen molar-refractivity contribution in [3.8, 4) is 5.75 Å². The van der Waals surface area contributed by atoms with Crippen molar-refractivity contribution in [1.29, 1.82) is 0 Å². The number of ether oxygens (including phenoxy) is 2. The minimum atomic E-state index is -0.450. The van der Waals surface area contributed by atoms with E-state index in [0.29, 0.717) is 40.9 Å². The maximum atomic E-state index is 12.5. The van der Waals surface area contributed by atoms with Crippen LogP contribution in [0.3, 0.4) is 0 Å². The molecule has 0 aliphatic carbocycles. The Balaban J connectivity index is 1.23. The van der Waals surface area contributed by atoms with Gasteiger partial charge in [0.2, 0.25) is 5.91 Å². The zero-order valence-electron chi connectivity index (χ0n) is 26.2. The number of nitrogens with zero attached hydrogens (tertiary/aromatic N) is 3. The lowest BCUT2D eigenvalue weighted by Gasteiger charge is -2.32. The molecule has 0 saturated carbocycles. The number of methoxy groups -OCH3 is 2. The number of amides is 1. The van der Waals surface area contributed by atoms with Crippen molar-refractivity contribution in [3.63, 3.8) is 0 Å². The molecule has 0 atom stereocenters. The lowest BCUT2D eigenvalue weighted by Crippen LogP contribution is -2.42. The largest absolute Gasteiger partial charge is 0.494 e. The van der Waals surface area contributed by atoms with Crippen molar-refractivity contribution < 1.29 is 19.1 Å². The first-order valence-electron chi connectivity index (χ1n) is 15.6. The first-order valence-corrected chi connectivity index (χ1v) is 15.6. The molecule has 0 radical (unpaired) electrons. The van der Waals surface area contributed by atoms with Crippen molar-refractivity contribution in [1.82, 2.24) is 20.1 Å². The van der Waals surface area contributed by atoms with Gasteiger partial charge in [-0.3, -0.25) is 9.78 Å². The lowest BCUT2D eigenvalue weighted by atomic mass is 10.0. The van der Waals surface area contributed by atoms with E-state index in [1.807, 2.05) is 49.1 Å². The summed E-state index contributed by atoms with van der Waals surface area (Å²) in [5, 5.41) is 7.93. The SMILES string of the molecule is CCN(CC)C(=O)CCCCCN1CCC(NCc2ccc(Nc3c(C(=O)OC)cnc4c(OC)cccc34)cc2)CC1. The second kappa shape index (κ2) is 16.2. The van der Waals surface area contributed by atoms with Crippen molar-refractivity contribution in [2.45, 2.75) is 65.0 Å². The average molecular weight is 590 g/mol. The number of hydrogen-bond acceptors (Lipinski definition) is 8. The Kier molecular flexibility index (Phi) is 12.2. The number of carbonyl (C=O) groups is 2. The van der Waals surface area contributed by atoms with Crippen LogP contribution in [0.5, 0.6) is 5.75 Å². The normalized spacial score (nSPS) is 14.0. The van der Waals surface area contributed by atoms with Crippen LogP contribution in [0, 0.1) is 0 Å². The Hall–Kier alpha value is -3.69. The number of hydrogen-bond donors (Lipinski definition) is 2. The van der Waals surface area contributed by atoms with E-state index in [1.54, 1.807) is 7.11 Å². The molecule has 0 bridgehead atoms. The van der Waals surface area contributed by atoms with Gasteiger partial charge in [-0.05, 0) is 82.9 Å². The third-order valence-corrected chi connectivity index (χ3v) is 8.37. The summed E-state index contributed by atoms with van der Waals surface area (Å²) in [5.74, 6) is 0.483. The third-order valence-electron chi connectivity index (χ3n) is 8.37. The van der Waals surface area contributed by atoms with Gasteiger partial charge in [-0.2, -0.15) is 0 Å². The number of esters is 1. The number of carbonyl (C=O) groups excluding carboxylic acids is 2. The van der Waals surface area contributed by atoms with Crippen LogP contribution in [0.15, 0.2) is 48.7 Å². The van der Waals surface area contributed by atoms with Gasteiger partial charge in [-0.15, -0.1) is 0 Å². The van der Waals surface area contributed by atoms with Gasteiger partial charge < -0.3 is 29.9 Å². The molecule has 2 heterocycles. The fourth-order valence-electron chi connectivity index (χ4n) is 5.76. The molecule has 9 nitrogen and oxygen atoms in total. The number of para-hydroxylation sites is 1. The van der Waals surface area contributed by atoms with E-state index in [0.717, 1.165) is 82.4 Å². The van der Waals surface area contributed by atoms with Gasteiger partial charge in [0.05, 0.1) is 19.9 Å². The molecule has 2 N–H and O–H groups in total. The summed E-state index contributed by atoms with van der Waals surface area (Å²) in [6.45, 7) is 9.87. The highest BCUT2D eigenvalue weighted by molar-refractivity contribution is 6.07. The molecule has 1 aromatic heterocycles. The van der Waals surface area contributed by atoms with Gasteiger partial charge in [0, 0.05) is 49.4 Å². The molecule has 1 aliphatic rings. The van der Waals surface area contributed by atoms with Crippen LogP contribution >= 0.6 is 0 Å². The fourth-order valence-corrected chi connectivity index (χ4v) is 5.76. The summed E-state index contributed by atoms with van der Waals surface area (Å²) >= 11 is 0. The highest BCUT2D eigenvalue weighted by Crippen LogP contribution is 2.34. The Bertz CT molecular complexity index is 1330. The molecule has 3 aromatic rings. The molecule has 9 heteroatoms. The highest BCUT2D eigenvalue weighted by atomic mass is 16.5. The van der Waals surface area contributed by atoms with E-state index in [4.69, 9.17) is 9.47 Å². The van der Waals surface area contributed by atoms with Gasteiger partial charge in [0.25, 0.3) is 0 Å². The average Bonchev–Trinajstić information content (AvgIpc) is 3.04. The lowest BCUT2D eigenvalue weighted by molar-refractivity contribution is -0.130. The first kappa shape index (κ1) is 32.2. The number of nitrogens with one attached hydrogen (secondary N) is 2. The zero-order valence-corrected chi connectivity index (χ0v) is 26.2. The molecule has 1 amide bonds. The van der Waals surface area contributed by atoms with Gasteiger partial charge in [0.1, 0.15) is 16.8 Å². The Labute approximate surface area is 255 Å². The molecule has 232 valence electrons. The summed E-state index contributed by atoms with van der Waals surface area (Å²) in [5.41, 5.74) is 3.76. The number of anilines is 2. The van der Waals surface area contributed by atoms with Gasteiger partial charge in [-0.25, -0.2) is 4.79 Å². The molecular formula is C34H47N5O4. The van der Waals surface area contributed by atoms with Crippen LogP contribution in [-0.2, 0) is 16.1 Å². The van der Waals surface area contributed by atoms with Crippen molar-refractivity contribution in [2.75, 3.05) is 52.3 Å². The third kappa shape index (κ3) is 8.67. The van der Waals surface area contributed by atoms with Gasteiger partial charge >= 0.3 is 5.97 Å². The highest BCUT2D eigenvalue weighted by Gasteiger charge is 2.20. The van der Waals surface area contributed by atoms with E-state index < -0.39 is 5.97 Å². The van der Waals surface area contributed by atoms with E-state index in [9.17, 15) is 9.59 Å². The molecule has 0 spiro atoms. The summed E-state index contributed by atoms with van der Waals surface area (Å²) in [4.78, 5) is 33.6. The van der Waals surface area contributed by atoms with Crippen molar-refractivity contribution in [2.24, 2.45) is 0 Å². The summed E-state index contributed by atoms with van der Waals surface area (Å²) < 4.78 is 10.5. The van der Waals surface area contributed by atoms with Crippen molar-refractivity contribution >= 4 is 34.2 Å². The molecule has 43 heavy (non-hydrogen) atoms. The Morgan fingerprint density at radius 1 is 1.00 bits per heavy atom. The number of unbranched alkanes of at least 4 members (excludes halogenated alkanes) is 2. The zero-order chi connectivity index (χ0) is 30.6. The van der Waals surface area contributed by atoms with Crippen molar-refractivity contribution in [3.05, 3.63) is 59.8 Å². The van der Waals surface area contributed by atoms with Crippen LogP contribution in [0.1, 0.15) is 68.3 Å². The summed E-state index contributed by atoms with van der Waals surface area (Å²) in [6, 6.07) is 14.4. The maximum Gasteiger partial charge on any atom is 0.341 e. The van der Waals surface area contributed by atoms with Gasteiger partial charge in [-0.1, -0.05) is 30.7 Å². The monoisotopic (exact) mass is 589 g/mol. The van der Waals surface area contributed by atoms with E-state index >= 15 is 0 Å². The smallest absolute Gasteiger partial charge is 0.341 e. The first-order chi connectivity index (χ1) is 21.0. The quantitative estimate of drug-likeness (QED) is 0.171. The number of rotatable bonds is 15. The maximum absolute atomic E-state index is 12.5. The molecule has 0 unspecified atom stereocenters. The standard InChI is InChI=1S/C34H47N5O4/c1-5-39(6-2)31(40)13-8-7-9-20-38-21-18-26(19-22-38)35-23-25-14-16-27(17-15-25)37-32-28-11-10-12-30(42-3)33(28)36-24-29(32)34(41)43-4/h10-12,14-17,24,26,35H,5-9,13,18-23H2,1-4H3,(H,36,37). The number of pyridine rings is 1. The number of piperidine rings is 1. The molecule has 1 fully saturated rings. The number of likely N-dealkylation sites (tertiary alicyclic amines) is 1. The molecule has 4 rings (SSSR count). The van der Waals surface area contributed by atoms with E-state index in [1.165, 1.54) is 18.9 Å². The molecule has 1 saturated heterocycles. The van der Waals surface area contributed by atoms with Crippen LogP contribution in [0.2, 0.25) is 0 Å². The minimum Gasteiger partial charge on any atom is -0.494 e. The summed E-state index contributed by atoms with van der Waals surface area (Å²) in [7, 11) is 2.98. The van der Waals surface area contributed by atoms with Crippen LogP contribution < -0.4 is 15.4 Å². The molecule has 2 aromatic carbocycles. The topological polar surface area (TPSA) is 96.0 Å². The van der Waals surface area contributed by atoms with Crippen LogP contribution in [0.25, 0.3) is 10.9 Å². The second-order valence-corrected chi connectivity index (χ2v) is 11.1. The number of aromatic nitrogens is 1. The number of benzene rings is 2. The number of fused-ring (bicyclic) bond motifs is 1. The fraction of sp³-hybridized carbons (Fsp3) is 0.500. The van der Waals surface area contributed by atoms with Crippen LogP contribution in [-0.4, -0.2) is 79.6 Å².